The minimum atomic E-state index is -4.85. The summed E-state index contributed by atoms with van der Waals surface area (Å²) in [7, 11) is 0. The van der Waals surface area contributed by atoms with Gasteiger partial charge in [0.2, 0.25) is 0 Å². The smallest absolute Gasteiger partial charge is 0.434 e. The third-order valence-electron chi connectivity index (χ3n) is 4.19. The van der Waals surface area contributed by atoms with Crippen LogP contribution in [0, 0.1) is 0 Å². The number of carbonyl (C=O) groups excluding carboxylic acids is 1. The largest absolute Gasteiger partial charge is 0.462 e. The number of aliphatic hydroxyl groups excluding tert-OH is 1. The Morgan fingerprint density at radius 1 is 1.39 bits per heavy atom. The van der Waals surface area contributed by atoms with E-state index < -0.39 is 29.5 Å². The van der Waals surface area contributed by atoms with Crippen molar-refractivity contribution in [3.8, 4) is 5.82 Å². The number of carbonyl (C=O) groups is 1. The standard InChI is InChI=1S/C19H18F3N3O3/c1-3-28-18(27)13-10-23-25(17(13)19(20,21)22)16-6-4-5-14(24-16)12-9-11(2)7-8-15(12)26/h4-7,9-10,15,26H,3,8H2,1-2H3. The van der Waals surface area contributed by atoms with Crippen molar-refractivity contribution in [1.29, 1.82) is 0 Å². The highest BCUT2D eigenvalue weighted by molar-refractivity contribution is 5.90. The molecule has 6 nitrogen and oxygen atoms in total. The van der Waals surface area contributed by atoms with Crippen LogP contribution in [0.15, 0.2) is 42.1 Å². The molecule has 0 aromatic carbocycles. The fourth-order valence-electron chi connectivity index (χ4n) is 2.92. The Morgan fingerprint density at radius 2 is 2.14 bits per heavy atom. The van der Waals surface area contributed by atoms with E-state index in [2.05, 4.69) is 10.1 Å². The molecule has 0 spiro atoms. The van der Waals surface area contributed by atoms with Crippen molar-refractivity contribution in [3.05, 3.63) is 59.1 Å². The third-order valence-corrected chi connectivity index (χ3v) is 4.19. The van der Waals surface area contributed by atoms with Crippen molar-refractivity contribution in [2.45, 2.75) is 32.5 Å². The summed E-state index contributed by atoms with van der Waals surface area (Å²) in [5.41, 5.74) is -0.179. The summed E-state index contributed by atoms with van der Waals surface area (Å²) in [6, 6.07) is 4.46. The van der Waals surface area contributed by atoms with E-state index in [1.54, 1.807) is 12.1 Å². The number of allylic oxidation sites excluding steroid dienone is 2. The molecule has 2 aromatic heterocycles. The Morgan fingerprint density at radius 3 is 2.82 bits per heavy atom. The van der Waals surface area contributed by atoms with Crippen LogP contribution in [0.4, 0.5) is 13.2 Å². The van der Waals surface area contributed by atoms with Crippen LogP contribution in [0.2, 0.25) is 0 Å². The second-order valence-corrected chi connectivity index (χ2v) is 6.22. The van der Waals surface area contributed by atoms with E-state index in [4.69, 9.17) is 4.74 Å². The SMILES string of the molecule is CCOC(=O)c1cnn(-c2cccc(C3=CC(C)=CCC3O)n2)c1C(F)(F)F. The highest BCUT2D eigenvalue weighted by atomic mass is 19.4. The topological polar surface area (TPSA) is 77.2 Å². The van der Waals surface area contributed by atoms with E-state index in [0.717, 1.165) is 11.8 Å². The first-order chi connectivity index (χ1) is 13.2. The average Bonchev–Trinajstić information content (AvgIpc) is 3.10. The van der Waals surface area contributed by atoms with Gasteiger partial charge < -0.3 is 9.84 Å². The number of ether oxygens (including phenoxy) is 1. The number of halogens is 3. The van der Waals surface area contributed by atoms with Gasteiger partial charge in [-0.1, -0.05) is 23.8 Å². The Hall–Kier alpha value is -2.94. The number of aromatic nitrogens is 3. The minimum absolute atomic E-state index is 0.0616. The van der Waals surface area contributed by atoms with Crippen LogP contribution in [-0.4, -0.2) is 38.6 Å². The molecule has 0 radical (unpaired) electrons. The summed E-state index contributed by atoms with van der Waals surface area (Å²) in [6.45, 7) is 3.30. The molecule has 0 amide bonds. The van der Waals surface area contributed by atoms with Gasteiger partial charge in [-0.2, -0.15) is 18.3 Å². The Labute approximate surface area is 159 Å². The number of aliphatic hydroxyl groups is 1. The first kappa shape index (κ1) is 19.8. The Kier molecular flexibility index (Phi) is 5.37. The molecule has 2 heterocycles. The summed E-state index contributed by atoms with van der Waals surface area (Å²) in [5.74, 6) is -1.23. The number of pyridine rings is 1. The van der Waals surface area contributed by atoms with Crippen LogP contribution in [-0.2, 0) is 10.9 Å². The zero-order chi connectivity index (χ0) is 20.5. The number of esters is 1. The van der Waals surface area contributed by atoms with Crippen LogP contribution in [0.5, 0.6) is 0 Å². The highest BCUT2D eigenvalue weighted by Crippen LogP contribution is 2.34. The first-order valence-corrected chi connectivity index (χ1v) is 8.59. The van der Waals surface area contributed by atoms with E-state index in [9.17, 15) is 23.1 Å². The average molecular weight is 393 g/mol. The van der Waals surface area contributed by atoms with Gasteiger partial charge in [-0.15, -0.1) is 0 Å². The van der Waals surface area contributed by atoms with Crippen LogP contribution in [0.3, 0.4) is 0 Å². The first-order valence-electron chi connectivity index (χ1n) is 8.59. The normalized spacial score (nSPS) is 17.1. The van der Waals surface area contributed by atoms with Crippen LogP contribution in [0.1, 0.15) is 42.0 Å². The molecule has 0 saturated carbocycles. The lowest BCUT2D eigenvalue weighted by molar-refractivity contribution is -0.143. The summed E-state index contributed by atoms with van der Waals surface area (Å²) in [6.07, 6.45) is -0.847. The molecule has 9 heteroatoms. The summed E-state index contributed by atoms with van der Waals surface area (Å²) >= 11 is 0. The van der Waals surface area contributed by atoms with E-state index >= 15 is 0 Å². The maximum absolute atomic E-state index is 13.6. The molecule has 1 aliphatic rings. The molecule has 0 fully saturated rings. The van der Waals surface area contributed by atoms with E-state index in [0.29, 0.717) is 22.4 Å². The second kappa shape index (κ2) is 7.59. The van der Waals surface area contributed by atoms with E-state index in [-0.39, 0.29) is 12.4 Å². The quantitative estimate of drug-likeness (QED) is 0.804. The number of rotatable bonds is 4. The lowest BCUT2D eigenvalue weighted by Gasteiger charge is -2.18. The highest BCUT2D eigenvalue weighted by Gasteiger charge is 2.41. The van der Waals surface area contributed by atoms with Crippen LogP contribution < -0.4 is 0 Å². The number of hydrogen-bond donors (Lipinski definition) is 1. The second-order valence-electron chi connectivity index (χ2n) is 6.22. The number of hydrogen-bond acceptors (Lipinski definition) is 5. The fraction of sp³-hybridized carbons (Fsp3) is 0.316. The predicted octanol–water partition coefficient (Wildman–Crippen LogP) is 3.56. The van der Waals surface area contributed by atoms with Gasteiger partial charge in [0, 0.05) is 5.57 Å². The van der Waals surface area contributed by atoms with Crippen molar-refractivity contribution in [1.82, 2.24) is 14.8 Å². The maximum Gasteiger partial charge on any atom is 0.434 e. The lowest BCUT2D eigenvalue weighted by Crippen LogP contribution is -2.19. The van der Waals surface area contributed by atoms with Crippen LogP contribution in [0.25, 0.3) is 11.4 Å². The molecule has 1 N–H and O–H groups in total. The van der Waals surface area contributed by atoms with Gasteiger partial charge >= 0.3 is 12.1 Å². The van der Waals surface area contributed by atoms with Crippen molar-refractivity contribution < 1.29 is 27.8 Å². The Balaban J connectivity index is 2.10. The van der Waals surface area contributed by atoms with E-state index in [1.807, 2.05) is 13.0 Å². The minimum Gasteiger partial charge on any atom is -0.462 e. The van der Waals surface area contributed by atoms with Crippen molar-refractivity contribution in [3.63, 3.8) is 0 Å². The molecule has 1 aliphatic carbocycles. The fourth-order valence-corrected chi connectivity index (χ4v) is 2.92. The summed E-state index contributed by atoms with van der Waals surface area (Å²) in [4.78, 5) is 16.1. The maximum atomic E-state index is 13.6. The number of alkyl halides is 3. The van der Waals surface area contributed by atoms with Crippen molar-refractivity contribution in [2.24, 2.45) is 0 Å². The molecule has 0 aliphatic heterocycles. The van der Waals surface area contributed by atoms with Crippen molar-refractivity contribution in [2.75, 3.05) is 6.61 Å². The van der Waals surface area contributed by atoms with Gasteiger partial charge in [-0.25, -0.2) is 14.5 Å². The number of nitrogens with zero attached hydrogens (tertiary/aromatic N) is 3. The molecular formula is C19H18F3N3O3. The van der Waals surface area contributed by atoms with Gasteiger partial charge in [-0.05, 0) is 32.4 Å². The molecule has 148 valence electrons. The zero-order valence-electron chi connectivity index (χ0n) is 15.2. The third kappa shape index (κ3) is 3.84. The van der Waals surface area contributed by atoms with Gasteiger partial charge in [0.1, 0.15) is 5.56 Å². The van der Waals surface area contributed by atoms with Crippen LogP contribution >= 0.6 is 0 Å². The monoisotopic (exact) mass is 393 g/mol. The molecule has 0 saturated heterocycles. The summed E-state index contributed by atoms with van der Waals surface area (Å²) in [5, 5.41) is 13.9. The van der Waals surface area contributed by atoms with Gasteiger partial charge in [0.15, 0.2) is 11.5 Å². The molecule has 1 unspecified atom stereocenters. The molecule has 0 bridgehead atoms. The lowest BCUT2D eigenvalue weighted by atomic mass is 9.95. The zero-order valence-corrected chi connectivity index (χ0v) is 15.2. The molecule has 3 rings (SSSR count). The molecule has 28 heavy (non-hydrogen) atoms. The molecule has 2 aromatic rings. The van der Waals surface area contributed by atoms with Gasteiger partial charge in [0.05, 0.1) is 24.6 Å². The predicted molar refractivity (Wildman–Crippen MR) is 94.7 cm³/mol. The molecular weight excluding hydrogens is 375 g/mol. The Bertz CT molecular complexity index is 961. The molecule has 1 atom stereocenters. The van der Waals surface area contributed by atoms with Gasteiger partial charge in [-0.3, -0.25) is 0 Å². The van der Waals surface area contributed by atoms with Gasteiger partial charge in [0.25, 0.3) is 0 Å². The summed E-state index contributed by atoms with van der Waals surface area (Å²) < 4.78 is 46.2. The van der Waals surface area contributed by atoms with E-state index in [1.165, 1.54) is 19.1 Å². The van der Waals surface area contributed by atoms with Crippen molar-refractivity contribution >= 4 is 11.5 Å².